The summed E-state index contributed by atoms with van der Waals surface area (Å²) in [5.41, 5.74) is 2.94. The number of methoxy groups -OCH3 is 1. The number of hydrogen-bond donors (Lipinski definition) is 0. The van der Waals surface area contributed by atoms with Gasteiger partial charge in [-0.15, -0.1) is 11.8 Å². The Morgan fingerprint density at radius 2 is 1.97 bits per heavy atom. The highest BCUT2D eigenvalue weighted by atomic mass is 32.2. The molecule has 0 N–H and O–H groups in total. The van der Waals surface area contributed by atoms with E-state index in [2.05, 4.69) is 18.0 Å². The minimum absolute atomic E-state index is 0.0439. The molecular weight excluding hydrogens is 426 g/mol. The van der Waals surface area contributed by atoms with Crippen LogP contribution in [0.25, 0.3) is 10.2 Å². The molecule has 2 aromatic heterocycles. The van der Waals surface area contributed by atoms with Crippen molar-refractivity contribution >= 4 is 44.4 Å². The second-order valence-electron chi connectivity index (χ2n) is 7.04. The summed E-state index contributed by atoms with van der Waals surface area (Å²) in [6, 6.07) is 19.8. The molecule has 0 aliphatic heterocycles. The van der Waals surface area contributed by atoms with Crippen molar-refractivity contribution in [2.24, 2.45) is 0 Å². The zero-order valence-corrected chi connectivity index (χ0v) is 19.1. The molecule has 1 amide bonds. The van der Waals surface area contributed by atoms with Gasteiger partial charge in [-0.3, -0.25) is 14.7 Å². The zero-order valence-electron chi connectivity index (χ0n) is 17.4. The number of rotatable bonds is 8. The van der Waals surface area contributed by atoms with Gasteiger partial charge in [0.2, 0.25) is 5.91 Å². The number of carbonyl (C=O) groups excluding carboxylic acids is 1. The Bertz CT molecular complexity index is 1160. The van der Waals surface area contributed by atoms with Gasteiger partial charge in [-0.25, -0.2) is 4.98 Å². The van der Waals surface area contributed by atoms with Gasteiger partial charge in [0.05, 0.1) is 29.6 Å². The van der Waals surface area contributed by atoms with Crippen LogP contribution in [0.3, 0.4) is 0 Å². The van der Waals surface area contributed by atoms with Crippen molar-refractivity contribution < 1.29 is 9.53 Å². The molecule has 158 valence electrons. The van der Waals surface area contributed by atoms with Gasteiger partial charge < -0.3 is 4.74 Å². The number of benzene rings is 2. The van der Waals surface area contributed by atoms with Gasteiger partial charge in [-0.2, -0.15) is 0 Å². The number of aryl methyl sites for hydroxylation is 1. The quantitative estimate of drug-likeness (QED) is 0.322. The molecule has 0 radical (unpaired) electrons. The fourth-order valence-electron chi connectivity index (χ4n) is 3.11. The molecule has 0 fully saturated rings. The smallest absolute Gasteiger partial charge is 0.229 e. The molecule has 2 aromatic carbocycles. The fraction of sp³-hybridized carbons (Fsp3) is 0.208. The maximum atomic E-state index is 13.2. The van der Waals surface area contributed by atoms with E-state index in [1.54, 1.807) is 41.3 Å². The first-order valence-electron chi connectivity index (χ1n) is 9.97. The number of hydrogen-bond acceptors (Lipinski definition) is 6. The molecule has 4 aromatic rings. The standard InChI is InChI=1S/C24H23N3O2S2/c1-17-6-11-21-22(15-17)31-24(26-21)27(16-18-5-3-4-13-25-18)23(28)12-14-30-20-9-7-19(29-2)8-10-20/h3-11,13,15H,12,14,16H2,1-2H3. The highest BCUT2D eigenvalue weighted by Gasteiger charge is 2.20. The maximum absolute atomic E-state index is 13.2. The predicted molar refractivity (Wildman–Crippen MR) is 128 cm³/mol. The van der Waals surface area contributed by atoms with Gasteiger partial charge in [0, 0.05) is 23.3 Å². The van der Waals surface area contributed by atoms with Crippen LogP contribution in [0.5, 0.6) is 5.75 Å². The zero-order chi connectivity index (χ0) is 21.6. The Morgan fingerprint density at radius 1 is 1.13 bits per heavy atom. The van der Waals surface area contributed by atoms with E-state index in [1.165, 1.54) is 5.56 Å². The molecule has 0 saturated carbocycles. The summed E-state index contributed by atoms with van der Waals surface area (Å²) >= 11 is 3.20. The van der Waals surface area contributed by atoms with E-state index in [4.69, 9.17) is 9.72 Å². The van der Waals surface area contributed by atoms with Crippen LogP contribution in [-0.2, 0) is 11.3 Å². The number of thiazole rings is 1. The van der Waals surface area contributed by atoms with Crippen molar-refractivity contribution in [3.8, 4) is 5.75 Å². The van der Waals surface area contributed by atoms with E-state index in [0.29, 0.717) is 23.8 Å². The Kier molecular flexibility index (Phi) is 6.84. The first-order valence-corrected chi connectivity index (χ1v) is 11.8. The molecule has 31 heavy (non-hydrogen) atoms. The minimum Gasteiger partial charge on any atom is -0.497 e. The van der Waals surface area contributed by atoms with Crippen LogP contribution in [0.15, 0.2) is 71.8 Å². The molecule has 0 unspecified atom stereocenters. The number of fused-ring (bicyclic) bond motifs is 1. The van der Waals surface area contributed by atoms with Crippen LogP contribution in [0.2, 0.25) is 0 Å². The van der Waals surface area contributed by atoms with E-state index in [1.807, 2.05) is 54.6 Å². The van der Waals surface area contributed by atoms with Crippen molar-refractivity contribution in [2.45, 2.75) is 24.8 Å². The topological polar surface area (TPSA) is 55.3 Å². The van der Waals surface area contributed by atoms with Gasteiger partial charge in [-0.1, -0.05) is 23.5 Å². The summed E-state index contributed by atoms with van der Waals surface area (Å²) < 4.78 is 6.28. The van der Waals surface area contributed by atoms with Gasteiger partial charge in [0.15, 0.2) is 5.13 Å². The number of carbonyl (C=O) groups is 1. The second kappa shape index (κ2) is 9.94. The molecule has 0 aliphatic rings. The van der Waals surface area contributed by atoms with Crippen LogP contribution in [0.1, 0.15) is 17.7 Å². The number of nitrogens with zero attached hydrogens (tertiary/aromatic N) is 3. The molecule has 4 rings (SSSR count). The number of anilines is 1. The lowest BCUT2D eigenvalue weighted by Gasteiger charge is -2.19. The van der Waals surface area contributed by atoms with Crippen molar-refractivity contribution in [2.75, 3.05) is 17.8 Å². The van der Waals surface area contributed by atoms with Crippen LogP contribution in [0.4, 0.5) is 5.13 Å². The molecule has 5 nitrogen and oxygen atoms in total. The largest absolute Gasteiger partial charge is 0.497 e. The van der Waals surface area contributed by atoms with Crippen LogP contribution >= 0.6 is 23.1 Å². The molecular formula is C24H23N3O2S2. The van der Waals surface area contributed by atoms with Crippen LogP contribution in [0, 0.1) is 6.92 Å². The van der Waals surface area contributed by atoms with Crippen molar-refractivity contribution in [1.82, 2.24) is 9.97 Å². The summed E-state index contributed by atoms with van der Waals surface area (Å²) in [6.45, 7) is 2.47. The molecule has 0 aliphatic carbocycles. The summed E-state index contributed by atoms with van der Waals surface area (Å²) in [5, 5.41) is 0.714. The molecule has 7 heteroatoms. The van der Waals surface area contributed by atoms with Gasteiger partial charge in [0.25, 0.3) is 0 Å². The number of thioether (sulfide) groups is 1. The third kappa shape index (κ3) is 5.42. The number of ether oxygens (including phenoxy) is 1. The third-order valence-corrected chi connectivity index (χ3v) is 6.81. The van der Waals surface area contributed by atoms with Crippen molar-refractivity contribution in [3.63, 3.8) is 0 Å². The molecule has 0 bridgehead atoms. The monoisotopic (exact) mass is 449 g/mol. The third-order valence-electron chi connectivity index (χ3n) is 4.75. The summed E-state index contributed by atoms with van der Waals surface area (Å²) in [7, 11) is 1.65. The van der Waals surface area contributed by atoms with Gasteiger partial charge in [-0.05, 0) is 61.0 Å². The lowest BCUT2D eigenvalue weighted by Crippen LogP contribution is -2.30. The first-order chi connectivity index (χ1) is 15.1. The number of pyridine rings is 1. The molecule has 0 spiro atoms. The summed E-state index contributed by atoms with van der Waals surface area (Å²) in [4.78, 5) is 25.2. The van der Waals surface area contributed by atoms with E-state index in [0.717, 1.165) is 26.6 Å². The van der Waals surface area contributed by atoms with E-state index in [-0.39, 0.29) is 5.91 Å². The average Bonchev–Trinajstić information content (AvgIpc) is 3.21. The minimum atomic E-state index is 0.0439. The average molecular weight is 450 g/mol. The van der Waals surface area contributed by atoms with Crippen LogP contribution in [-0.4, -0.2) is 28.7 Å². The van der Waals surface area contributed by atoms with E-state index < -0.39 is 0 Å². The van der Waals surface area contributed by atoms with Crippen molar-refractivity contribution in [3.05, 3.63) is 78.1 Å². The van der Waals surface area contributed by atoms with E-state index >= 15 is 0 Å². The maximum Gasteiger partial charge on any atom is 0.229 e. The second-order valence-corrected chi connectivity index (χ2v) is 9.22. The number of aromatic nitrogens is 2. The molecule has 2 heterocycles. The van der Waals surface area contributed by atoms with Gasteiger partial charge >= 0.3 is 0 Å². The number of amides is 1. The lowest BCUT2D eigenvalue weighted by molar-refractivity contribution is -0.118. The normalized spacial score (nSPS) is 10.9. The molecule has 0 saturated heterocycles. The summed E-state index contributed by atoms with van der Waals surface area (Å²) in [6.07, 6.45) is 2.16. The highest BCUT2D eigenvalue weighted by molar-refractivity contribution is 7.99. The van der Waals surface area contributed by atoms with Gasteiger partial charge in [0.1, 0.15) is 5.75 Å². The highest BCUT2D eigenvalue weighted by Crippen LogP contribution is 2.31. The van der Waals surface area contributed by atoms with E-state index in [9.17, 15) is 4.79 Å². The first kappa shape index (κ1) is 21.3. The fourth-order valence-corrected chi connectivity index (χ4v) is 5.04. The lowest BCUT2D eigenvalue weighted by atomic mass is 10.2. The Labute approximate surface area is 190 Å². The SMILES string of the molecule is COc1ccc(SCCC(=O)N(Cc2ccccn2)c2nc3ccc(C)cc3s2)cc1. The predicted octanol–water partition coefficient (Wildman–Crippen LogP) is 5.72. The Morgan fingerprint density at radius 3 is 2.71 bits per heavy atom. The summed E-state index contributed by atoms with van der Waals surface area (Å²) in [5.74, 6) is 1.56. The van der Waals surface area contributed by atoms with Crippen molar-refractivity contribution in [1.29, 1.82) is 0 Å². The van der Waals surface area contributed by atoms with Crippen LogP contribution < -0.4 is 9.64 Å². The Hall–Kier alpha value is -2.90. The Balaban J connectivity index is 1.50. The molecule has 0 atom stereocenters.